The molecule has 0 atom stereocenters. The van der Waals surface area contributed by atoms with Gasteiger partial charge in [-0.05, 0) is 31.9 Å². The summed E-state index contributed by atoms with van der Waals surface area (Å²) in [5.41, 5.74) is 12.9. The number of carbonyl (C=O) groups excluding carboxylic acids is 1. The first-order valence-electron chi connectivity index (χ1n) is 7.97. The van der Waals surface area contributed by atoms with Crippen LogP contribution in [0.15, 0.2) is 36.5 Å². The number of aromatic nitrogens is 2. The Hall–Kier alpha value is -2.67. The highest BCUT2D eigenvalue weighted by atomic mass is 16.1. The molecule has 5 N–H and O–H groups in total. The second kappa shape index (κ2) is 6.45. The molecule has 2 heterocycles. The van der Waals surface area contributed by atoms with E-state index in [1.807, 2.05) is 23.1 Å². The number of hydrogen-bond donors (Lipinski definition) is 3. The third-order valence-corrected chi connectivity index (χ3v) is 4.27. The van der Waals surface area contributed by atoms with E-state index < -0.39 is 0 Å². The fraction of sp³-hybridized carbons (Fsp3) is 0.353. The summed E-state index contributed by atoms with van der Waals surface area (Å²) >= 11 is 0. The van der Waals surface area contributed by atoms with E-state index in [0.29, 0.717) is 11.6 Å². The van der Waals surface area contributed by atoms with Gasteiger partial charge in [0.05, 0.1) is 0 Å². The number of nitrogens with one attached hydrogen (secondary N) is 1. The highest BCUT2D eigenvalue weighted by Crippen LogP contribution is 2.23. The van der Waals surface area contributed by atoms with Crippen LogP contribution in [0.1, 0.15) is 30.1 Å². The second-order valence-corrected chi connectivity index (χ2v) is 6.43. The fourth-order valence-corrected chi connectivity index (χ4v) is 2.65. The minimum atomic E-state index is -0.321. The molecule has 0 spiro atoms. The SMILES string of the molecule is CC1(N)CCN(c2ncc(C(=O)Nc3ccccc3)c(N)n2)CC1. The van der Waals surface area contributed by atoms with Crippen LogP contribution >= 0.6 is 0 Å². The lowest BCUT2D eigenvalue weighted by atomic mass is 9.91. The van der Waals surface area contributed by atoms with Crippen molar-refractivity contribution in [2.24, 2.45) is 5.73 Å². The summed E-state index contributed by atoms with van der Waals surface area (Å²) in [7, 11) is 0. The Kier molecular flexibility index (Phi) is 4.35. The van der Waals surface area contributed by atoms with Crippen LogP contribution in [-0.2, 0) is 0 Å². The summed E-state index contributed by atoms with van der Waals surface area (Å²) < 4.78 is 0. The van der Waals surface area contributed by atoms with E-state index in [4.69, 9.17) is 11.5 Å². The van der Waals surface area contributed by atoms with Crippen molar-refractivity contribution in [2.45, 2.75) is 25.3 Å². The van der Waals surface area contributed by atoms with E-state index >= 15 is 0 Å². The normalized spacial score (nSPS) is 16.7. The molecule has 7 nitrogen and oxygen atoms in total. The molecule has 1 aromatic carbocycles. The summed E-state index contributed by atoms with van der Waals surface area (Å²) in [5.74, 6) is 0.396. The van der Waals surface area contributed by atoms with Crippen molar-refractivity contribution < 1.29 is 4.79 Å². The van der Waals surface area contributed by atoms with Gasteiger partial charge in [0.1, 0.15) is 11.4 Å². The van der Waals surface area contributed by atoms with Gasteiger partial charge in [0.15, 0.2) is 0 Å². The van der Waals surface area contributed by atoms with Crippen LogP contribution in [0.2, 0.25) is 0 Å². The average Bonchev–Trinajstić information content (AvgIpc) is 2.55. The van der Waals surface area contributed by atoms with Crippen molar-refractivity contribution in [3.05, 3.63) is 42.1 Å². The van der Waals surface area contributed by atoms with Crippen molar-refractivity contribution in [3.8, 4) is 0 Å². The zero-order valence-electron chi connectivity index (χ0n) is 13.7. The first-order chi connectivity index (χ1) is 11.4. The zero-order valence-corrected chi connectivity index (χ0v) is 13.7. The Morgan fingerprint density at radius 3 is 2.54 bits per heavy atom. The third-order valence-electron chi connectivity index (χ3n) is 4.27. The summed E-state index contributed by atoms with van der Waals surface area (Å²) in [4.78, 5) is 23.0. The van der Waals surface area contributed by atoms with Crippen molar-refractivity contribution in [1.29, 1.82) is 0 Å². The Bertz CT molecular complexity index is 721. The van der Waals surface area contributed by atoms with E-state index in [1.165, 1.54) is 6.20 Å². The molecule has 1 saturated heterocycles. The van der Waals surface area contributed by atoms with Gasteiger partial charge in [0.25, 0.3) is 5.91 Å². The van der Waals surface area contributed by atoms with Gasteiger partial charge < -0.3 is 21.7 Å². The average molecular weight is 326 g/mol. The molecule has 126 valence electrons. The van der Waals surface area contributed by atoms with Gasteiger partial charge >= 0.3 is 0 Å². The van der Waals surface area contributed by atoms with Gasteiger partial charge in [-0.3, -0.25) is 4.79 Å². The monoisotopic (exact) mass is 326 g/mol. The first-order valence-corrected chi connectivity index (χ1v) is 7.97. The van der Waals surface area contributed by atoms with Gasteiger partial charge in [-0.2, -0.15) is 4.98 Å². The van der Waals surface area contributed by atoms with Crippen molar-refractivity contribution in [1.82, 2.24) is 9.97 Å². The molecule has 0 radical (unpaired) electrons. The maximum absolute atomic E-state index is 12.3. The van der Waals surface area contributed by atoms with E-state index in [1.54, 1.807) is 12.1 Å². The third kappa shape index (κ3) is 3.62. The fourth-order valence-electron chi connectivity index (χ4n) is 2.65. The smallest absolute Gasteiger partial charge is 0.260 e. The van der Waals surface area contributed by atoms with E-state index in [9.17, 15) is 4.79 Å². The number of nitrogens with zero attached hydrogens (tertiary/aromatic N) is 3. The van der Waals surface area contributed by atoms with Crippen LogP contribution in [-0.4, -0.2) is 34.5 Å². The molecule has 0 aliphatic carbocycles. The molecule has 24 heavy (non-hydrogen) atoms. The molecular weight excluding hydrogens is 304 g/mol. The molecule has 1 aliphatic rings. The summed E-state index contributed by atoms with van der Waals surface area (Å²) in [5, 5.41) is 2.78. The minimum Gasteiger partial charge on any atom is -0.383 e. The predicted molar refractivity (Wildman–Crippen MR) is 94.9 cm³/mol. The van der Waals surface area contributed by atoms with Crippen LogP contribution in [0.5, 0.6) is 0 Å². The lowest BCUT2D eigenvalue weighted by Gasteiger charge is -2.36. The van der Waals surface area contributed by atoms with Crippen LogP contribution in [0.25, 0.3) is 0 Å². The van der Waals surface area contributed by atoms with Crippen molar-refractivity contribution in [2.75, 3.05) is 29.0 Å². The Labute approximate surface area is 141 Å². The topological polar surface area (TPSA) is 110 Å². The largest absolute Gasteiger partial charge is 0.383 e. The highest BCUT2D eigenvalue weighted by molar-refractivity contribution is 6.07. The number of piperidine rings is 1. The van der Waals surface area contributed by atoms with Crippen LogP contribution in [0.3, 0.4) is 0 Å². The number of amides is 1. The minimum absolute atomic E-state index is 0.141. The summed E-state index contributed by atoms with van der Waals surface area (Å²) in [6.07, 6.45) is 3.21. The molecule has 0 unspecified atom stereocenters. The lowest BCUT2D eigenvalue weighted by molar-refractivity contribution is 0.102. The number of nitrogen functional groups attached to an aromatic ring is 1. The number of carbonyl (C=O) groups is 1. The molecule has 1 amide bonds. The van der Waals surface area contributed by atoms with Gasteiger partial charge in [0.2, 0.25) is 5.95 Å². The predicted octanol–water partition coefficient (Wildman–Crippen LogP) is 1.63. The number of anilines is 3. The highest BCUT2D eigenvalue weighted by Gasteiger charge is 2.27. The van der Waals surface area contributed by atoms with Gasteiger partial charge in [0, 0.05) is 30.5 Å². The quantitative estimate of drug-likeness (QED) is 0.790. The molecular formula is C17H22N6O. The molecule has 3 rings (SSSR count). The molecule has 0 bridgehead atoms. The summed E-state index contributed by atoms with van der Waals surface area (Å²) in [6, 6.07) is 9.19. The molecule has 1 aliphatic heterocycles. The lowest BCUT2D eigenvalue weighted by Crippen LogP contribution is -2.48. The zero-order chi connectivity index (χ0) is 17.2. The summed E-state index contributed by atoms with van der Waals surface area (Å²) in [6.45, 7) is 3.61. The molecule has 1 fully saturated rings. The molecule has 0 saturated carbocycles. The van der Waals surface area contributed by atoms with Gasteiger partial charge in [-0.1, -0.05) is 18.2 Å². The second-order valence-electron chi connectivity index (χ2n) is 6.43. The molecule has 7 heteroatoms. The van der Waals surface area contributed by atoms with Crippen LogP contribution in [0.4, 0.5) is 17.5 Å². The number of benzene rings is 1. The van der Waals surface area contributed by atoms with Gasteiger partial charge in [-0.25, -0.2) is 4.98 Å². The van der Waals surface area contributed by atoms with Crippen LogP contribution in [0, 0.1) is 0 Å². The van der Waals surface area contributed by atoms with E-state index in [2.05, 4.69) is 22.2 Å². The van der Waals surface area contributed by atoms with Crippen molar-refractivity contribution >= 4 is 23.4 Å². The Morgan fingerprint density at radius 2 is 1.92 bits per heavy atom. The number of nitrogens with two attached hydrogens (primary N) is 2. The first kappa shape index (κ1) is 16.2. The maximum Gasteiger partial charge on any atom is 0.260 e. The number of para-hydroxylation sites is 1. The number of hydrogen-bond acceptors (Lipinski definition) is 6. The van der Waals surface area contributed by atoms with E-state index in [0.717, 1.165) is 25.9 Å². The molecule has 1 aromatic heterocycles. The van der Waals surface area contributed by atoms with E-state index in [-0.39, 0.29) is 22.8 Å². The Morgan fingerprint density at radius 1 is 1.25 bits per heavy atom. The maximum atomic E-state index is 12.3. The van der Waals surface area contributed by atoms with Gasteiger partial charge in [-0.15, -0.1) is 0 Å². The number of rotatable bonds is 3. The molecule has 2 aromatic rings. The Balaban J connectivity index is 1.72. The standard InChI is InChI=1S/C17H22N6O/c1-17(19)7-9-23(10-8-17)16-20-11-13(14(18)22-16)15(24)21-12-5-3-2-4-6-12/h2-6,11H,7-10,19H2,1H3,(H,21,24)(H2,18,20,22). The van der Waals surface area contributed by atoms with Crippen LogP contribution < -0.4 is 21.7 Å². The van der Waals surface area contributed by atoms with Crippen molar-refractivity contribution in [3.63, 3.8) is 0 Å².